The molecule has 2 aliphatic heterocycles. The van der Waals surface area contributed by atoms with Crippen molar-refractivity contribution >= 4 is 58.4 Å². The van der Waals surface area contributed by atoms with Gasteiger partial charge in [0.1, 0.15) is 0 Å². The largest absolute Gasteiger partial charge is 2.00 e. The Morgan fingerprint density at radius 3 is 1.35 bits per heavy atom. The van der Waals surface area contributed by atoms with Gasteiger partial charge in [0.2, 0.25) is 0 Å². The summed E-state index contributed by atoms with van der Waals surface area (Å²) in [5, 5.41) is 0. The molecule has 0 saturated carbocycles. The molecule has 275 valence electrons. The van der Waals surface area contributed by atoms with Crippen LogP contribution >= 0.6 is 0 Å². The van der Waals surface area contributed by atoms with Crippen molar-refractivity contribution in [3.05, 3.63) is 185 Å². The number of ether oxygens (including phenoxy) is 1. The number of rotatable bonds is 6. The predicted octanol–water partition coefficient (Wildman–Crippen LogP) is 11.0. The van der Waals surface area contributed by atoms with Gasteiger partial charge in [-0.1, -0.05) is 145 Å². The fraction of sp³-hybridized carbons (Fsp3) is 0.0204. The van der Waals surface area contributed by atoms with Crippen molar-refractivity contribution in [1.82, 2.24) is 19.9 Å². The van der Waals surface area contributed by atoms with Crippen LogP contribution in [0.3, 0.4) is 0 Å². The Bertz CT molecular complexity index is 2960. The number of carbonyl (C=O) groups excluding carboxylic acids is 1. The molecule has 3 aromatic heterocycles. The van der Waals surface area contributed by atoms with Gasteiger partial charge in [0, 0.05) is 0 Å². The molecule has 57 heavy (non-hydrogen) atoms. The van der Waals surface area contributed by atoms with Crippen LogP contribution in [0.4, 0.5) is 0 Å². The number of aromatic nitrogens is 4. The molecule has 0 N–H and O–H groups in total. The van der Waals surface area contributed by atoms with E-state index in [-0.39, 0.29) is 22.8 Å². The van der Waals surface area contributed by atoms with Crippen molar-refractivity contribution in [2.45, 2.75) is 0 Å². The first-order chi connectivity index (χ1) is 27.6. The second-order valence-corrected chi connectivity index (χ2v) is 13.2. The normalized spacial score (nSPS) is 11.8. The van der Waals surface area contributed by atoms with E-state index in [0.29, 0.717) is 28.0 Å². The number of hydrogen-bond acceptors (Lipinski definition) is 4. The molecule has 4 aromatic carbocycles. The fourth-order valence-corrected chi connectivity index (χ4v) is 7.29. The van der Waals surface area contributed by atoms with Gasteiger partial charge in [-0.15, -0.1) is 22.1 Å². The smallest absolute Gasteiger partial charge is 0.657 e. The molecular formula is C49H31CuN5O2. The van der Waals surface area contributed by atoms with Gasteiger partial charge in [0.15, 0.2) is 0 Å². The molecule has 5 heterocycles. The van der Waals surface area contributed by atoms with Gasteiger partial charge in [-0.2, -0.15) is 0 Å². The number of esters is 1. The molecule has 9 rings (SSSR count). The summed E-state index contributed by atoms with van der Waals surface area (Å²) in [6, 6.07) is 46.3. The molecule has 8 heteroatoms. The van der Waals surface area contributed by atoms with Crippen molar-refractivity contribution in [2.24, 2.45) is 0 Å². The molecule has 8 bridgehead atoms. The first-order valence-corrected chi connectivity index (χ1v) is 18.1. The summed E-state index contributed by atoms with van der Waals surface area (Å²) in [6.07, 6.45) is 9.60. The van der Waals surface area contributed by atoms with Gasteiger partial charge >= 0.3 is 23.0 Å². The van der Waals surface area contributed by atoms with Crippen molar-refractivity contribution in [2.75, 3.05) is 7.11 Å². The Kier molecular flexibility index (Phi) is 10.2. The second kappa shape index (κ2) is 15.8. The average Bonchev–Trinajstić information content (AvgIpc) is 4.09. The zero-order valence-electron chi connectivity index (χ0n) is 30.5. The van der Waals surface area contributed by atoms with E-state index >= 15 is 0 Å². The fourth-order valence-electron chi connectivity index (χ4n) is 7.29. The van der Waals surface area contributed by atoms with Crippen LogP contribution in [0.25, 0.3) is 102 Å². The molecule has 0 unspecified atom stereocenters. The number of carbonyl (C=O) groups is 1. The van der Waals surface area contributed by atoms with Crippen LogP contribution in [-0.4, -0.2) is 23.0 Å². The Hall–Kier alpha value is -7.30. The third kappa shape index (κ3) is 6.94. The zero-order valence-corrected chi connectivity index (χ0v) is 31.5. The molecule has 0 aliphatic carbocycles. The van der Waals surface area contributed by atoms with E-state index in [9.17, 15) is 4.79 Å². The summed E-state index contributed by atoms with van der Waals surface area (Å²) >= 11 is 0. The maximum absolute atomic E-state index is 12.9. The standard InChI is InChI=1S/C49H32N5O2.Cu/c1-50-43(49(55)56-2)30-35-29-42-46(33-19-11-5-12-20-33)40-26-25-38(52-40)44(31-15-7-3-8-16-31)36-23-24-37(51-36)45(32-17-9-4-10-18-32)39-27-28-41(53-39)47(48(35)54-42)34-21-13-6-14-22-34;/h3-30H,2H3,(H-,51,52,53,54,55);/q-1;+2/p-1. The Balaban J connectivity index is 0.00000455. The minimum absolute atomic E-state index is 0. The van der Waals surface area contributed by atoms with Gasteiger partial charge in [0.25, 0.3) is 5.70 Å². The number of nitrogens with zero attached hydrogens (tertiary/aromatic N) is 5. The minimum Gasteiger partial charge on any atom is -0.657 e. The third-order valence-electron chi connectivity index (χ3n) is 9.80. The van der Waals surface area contributed by atoms with Gasteiger partial charge < -0.3 is 14.7 Å². The summed E-state index contributed by atoms with van der Waals surface area (Å²) < 4.78 is 5.01. The summed E-state index contributed by atoms with van der Waals surface area (Å²) in [5.41, 5.74) is 13.0. The zero-order chi connectivity index (χ0) is 38.0. The van der Waals surface area contributed by atoms with E-state index < -0.39 is 5.97 Å². The van der Waals surface area contributed by atoms with E-state index in [1.54, 1.807) is 6.08 Å². The summed E-state index contributed by atoms with van der Waals surface area (Å²) in [4.78, 5) is 37.8. The van der Waals surface area contributed by atoms with Crippen LogP contribution in [0.15, 0.2) is 145 Å². The van der Waals surface area contributed by atoms with Gasteiger partial charge in [-0.25, -0.2) is 14.8 Å². The van der Waals surface area contributed by atoms with Crippen LogP contribution in [0, 0.1) is 6.57 Å². The van der Waals surface area contributed by atoms with Crippen molar-refractivity contribution in [3.63, 3.8) is 0 Å². The molecule has 2 aliphatic rings. The minimum atomic E-state index is -0.732. The Morgan fingerprint density at radius 1 is 0.561 bits per heavy atom. The van der Waals surface area contributed by atoms with Gasteiger partial charge in [-0.05, 0) is 74.9 Å². The van der Waals surface area contributed by atoms with Crippen molar-refractivity contribution in [1.29, 1.82) is 0 Å². The summed E-state index contributed by atoms with van der Waals surface area (Å²) in [6.45, 7) is 7.90. The van der Waals surface area contributed by atoms with Gasteiger partial charge in [-0.3, -0.25) is 4.79 Å². The van der Waals surface area contributed by atoms with Crippen molar-refractivity contribution in [3.8, 4) is 44.5 Å². The maximum Gasteiger partial charge on any atom is 2.00 e. The van der Waals surface area contributed by atoms with Crippen molar-refractivity contribution < 1.29 is 26.6 Å². The maximum atomic E-state index is 12.9. The Labute approximate surface area is 340 Å². The van der Waals surface area contributed by atoms with Crippen LogP contribution in [0.5, 0.6) is 0 Å². The molecule has 7 aromatic rings. The van der Waals surface area contributed by atoms with E-state index in [1.165, 1.54) is 7.11 Å². The third-order valence-corrected chi connectivity index (χ3v) is 9.80. The van der Waals surface area contributed by atoms with Crippen LogP contribution < -0.4 is 9.97 Å². The Morgan fingerprint density at radius 2 is 0.947 bits per heavy atom. The molecule has 1 radical (unpaired) electrons. The van der Waals surface area contributed by atoms with Crippen LogP contribution in [0.2, 0.25) is 0 Å². The molecule has 0 amide bonds. The number of fused-ring (bicyclic) bond motifs is 8. The van der Waals surface area contributed by atoms with E-state index in [2.05, 4.69) is 35.2 Å². The van der Waals surface area contributed by atoms with Crippen LogP contribution in [-0.2, 0) is 26.6 Å². The quantitative estimate of drug-likeness (QED) is 0.0722. The first kappa shape index (κ1) is 36.7. The molecule has 0 saturated heterocycles. The predicted molar refractivity (Wildman–Crippen MR) is 225 cm³/mol. The SMILES string of the molecule is [C-]#[N+]/C(=C\c1cc2[n-]c1c(-c1ccccc1)c1nc(c(-c3ccccc3)c3ccc([n-]3)c(-c3ccccc3)c3nc(c2-c2ccccc2)C=C3)C=C1)C(=O)OC.[Cu+2]. The molecular weight excluding hydrogens is 754 g/mol. The summed E-state index contributed by atoms with van der Waals surface area (Å²) in [5.74, 6) is -0.732. The number of hydrogen-bond donors (Lipinski definition) is 0. The van der Waals surface area contributed by atoms with E-state index in [0.717, 1.165) is 66.9 Å². The second-order valence-electron chi connectivity index (χ2n) is 13.2. The topological polar surface area (TPSA) is 84.6 Å². The molecule has 0 fully saturated rings. The van der Waals surface area contributed by atoms with Crippen LogP contribution in [0.1, 0.15) is 28.3 Å². The monoisotopic (exact) mass is 784 g/mol. The molecule has 7 nitrogen and oxygen atoms in total. The molecule has 0 atom stereocenters. The molecule has 0 spiro atoms. The van der Waals surface area contributed by atoms with Gasteiger partial charge in [0.05, 0.1) is 36.5 Å². The van der Waals surface area contributed by atoms with E-state index in [4.69, 9.17) is 31.2 Å². The summed E-state index contributed by atoms with van der Waals surface area (Å²) in [7, 11) is 1.27. The first-order valence-electron chi connectivity index (χ1n) is 18.1. The number of benzene rings is 4. The average molecular weight is 785 g/mol. The number of methoxy groups -OCH3 is 1. The van der Waals surface area contributed by atoms with E-state index in [1.807, 2.05) is 133 Å².